The average Bonchev–Trinajstić information content (AvgIpc) is 2.76. The number of carbonyl (C=O) groups is 1. The molecule has 0 atom stereocenters. The normalized spacial score (nSPS) is 25.2. The van der Waals surface area contributed by atoms with Crippen LogP contribution in [0.3, 0.4) is 0 Å². The largest absolute Gasteiger partial charge is 0.494 e. The van der Waals surface area contributed by atoms with Crippen molar-refractivity contribution in [3.8, 4) is 0 Å². The number of hydrogen-bond donors (Lipinski definition) is 2. The van der Waals surface area contributed by atoms with Gasteiger partial charge in [0.05, 0.1) is 29.1 Å². The van der Waals surface area contributed by atoms with E-state index >= 15 is 0 Å². The van der Waals surface area contributed by atoms with Crippen molar-refractivity contribution in [3.05, 3.63) is 29.8 Å². The lowest BCUT2D eigenvalue weighted by Crippen LogP contribution is -2.42. The summed E-state index contributed by atoms with van der Waals surface area (Å²) in [6.45, 7) is 8.91. The maximum absolute atomic E-state index is 12.4. The fourth-order valence-corrected chi connectivity index (χ4v) is 4.26. The van der Waals surface area contributed by atoms with Crippen LogP contribution in [0.15, 0.2) is 24.3 Å². The van der Waals surface area contributed by atoms with Gasteiger partial charge in [0.1, 0.15) is 0 Å². The monoisotopic (exact) mass is 381 g/mol. The van der Waals surface area contributed by atoms with Gasteiger partial charge >= 0.3 is 7.12 Å². The van der Waals surface area contributed by atoms with E-state index in [4.69, 9.17) is 9.31 Å². The number of hydrogen-bond acceptors (Lipinski definition) is 5. The van der Waals surface area contributed by atoms with E-state index in [1.807, 2.05) is 52.0 Å². The smallest absolute Gasteiger partial charge is 0.399 e. The molecule has 0 saturated carbocycles. The molecular weight excluding hydrogens is 353 g/mol. The van der Waals surface area contributed by atoms with E-state index in [-0.39, 0.29) is 28.6 Å². The van der Waals surface area contributed by atoms with Crippen LogP contribution in [0, 0.1) is 0 Å². The number of benzene rings is 1. The van der Waals surface area contributed by atoms with Gasteiger partial charge in [-0.3, -0.25) is 13.9 Å². The molecule has 0 bridgehead atoms. The predicted octanol–water partition coefficient (Wildman–Crippen LogP) is 2.12. The molecule has 1 aromatic carbocycles. The first-order valence-corrected chi connectivity index (χ1v) is 10.8. The molecule has 2 aliphatic heterocycles. The lowest BCUT2D eigenvalue weighted by atomic mass is 9.79. The van der Waals surface area contributed by atoms with E-state index in [1.54, 1.807) is 4.90 Å². The molecule has 0 unspecified atom stereocenters. The summed E-state index contributed by atoms with van der Waals surface area (Å²) >= 11 is 0. The second-order valence-electron chi connectivity index (χ2n) is 8.10. The van der Waals surface area contributed by atoms with Crippen molar-refractivity contribution in [1.82, 2.24) is 4.90 Å². The van der Waals surface area contributed by atoms with E-state index in [1.165, 1.54) is 0 Å². The molecule has 2 fully saturated rings. The molecular formula is C18H28BNO5S. The van der Waals surface area contributed by atoms with Crippen molar-refractivity contribution in [2.75, 3.05) is 24.6 Å². The first kappa shape index (κ1) is 19.7. The Morgan fingerprint density at radius 1 is 1.08 bits per heavy atom. The Bertz CT molecular complexity index is 651. The average molecular weight is 381 g/mol. The third-order valence-corrected chi connectivity index (χ3v) is 7.26. The molecule has 2 N–H and O–H groups in total. The van der Waals surface area contributed by atoms with E-state index < -0.39 is 17.7 Å². The highest BCUT2D eigenvalue weighted by Gasteiger charge is 2.51. The summed E-state index contributed by atoms with van der Waals surface area (Å²) in [5, 5.41) is 0. The zero-order chi connectivity index (χ0) is 19.2. The molecule has 8 heteroatoms. The molecule has 1 amide bonds. The Hall–Kier alpha value is -1.06. The van der Waals surface area contributed by atoms with Crippen LogP contribution in [0.25, 0.3) is 0 Å². The van der Waals surface area contributed by atoms with Crippen molar-refractivity contribution in [3.63, 3.8) is 0 Å². The van der Waals surface area contributed by atoms with Crippen LogP contribution in [-0.4, -0.2) is 62.8 Å². The van der Waals surface area contributed by atoms with Crippen LogP contribution in [0.1, 0.15) is 33.3 Å². The highest BCUT2D eigenvalue weighted by molar-refractivity contribution is 8.24. The van der Waals surface area contributed by atoms with Gasteiger partial charge in [-0.2, -0.15) is 10.6 Å². The molecule has 3 rings (SSSR count). The minimum Gasteiger partial charge on any atom is -0.399 e. The molecule has 2 heterocycles. The lowest BCUT2D eigenvalue weighted by Gasteiger charge is -2.41. The Balaban J connectivity index is 1.59. The van der Waals surface area contributed by atoms with E-state index in [9.17, 15) is 13.9 Å². The van der Waals surface area contributed by atoms with Gasteiger partial charge in [-0.05, 0) is 38.7 Å². The summed E-state index contributed by atoms with van der Waals surface area (Å²) in [6.07, 6.45) is 0.308. The number of carbonyl (C=O) groups excluding carboxylic acids is 1. The number of rotatable bonds is 3. The molecule has 26 heavy (non-hydrogen) atoms. The third kappa shape index (κ3) is 4.10. The maximum Gasteiger partial charge on any atom is 0.494 e. The van der Waals surface area contributed by atoms with Crippen LogP contribution in [0.2, 0.25) is 0 Å². The molecule has 0 spiro atoms. The molecule has 2 aliphatic rings. The van der Waals surface area contributed by atoms with Crippen LogP contribution in [0.5, 0.6) is 0 Å². The standard InChI is InChI=1S/C18H28BNO5S/c1-17(2)18(3,4)25-19(24-17)15-7-5-14(6-8-15)13-16(21)20-9-11-26(22,23)12-10-20/h5-8,22-23H,9-13H2,1-4H3. The van der Waals surface area contributed by atoms with E-state index in [2.05, 4.69) is 0 Å². The molecule has 0 aliphatic carbocycles. The van der Waals surface area contributed by atoms with Gasteiger partial charge in [0.25, 0.3) is 0 Å². The minimum atomic E-state index is -2.48. The first-order chi connectivity index (χ1) is 12.0. The Morgan fingerprint density at radius 2 is 1.58 bits per heavy atom. The molecule has 0 radical (unpaired) electrons. The predicted molar refractivity (Wildman–Crippen MR) is 105 cm³/mol. The first-order valence-electron chi connectivity index (χ1n) is 8.95. The van der Waals surface area contributed by atoms with Crippen LogP contribution >= 0.6 is 10.6 Å². The van der Waals surface area contributed by atoms with Crippen molar-refractivity contribution in [1.29, 1.82) is 0 Å². The van der Waals surface area contributed by atoms with Gasteiger partial charge < -0.3 is 14.2 Å². The topological polar surface area (TPSA) is 79.2 Å². The SMILES string of the molecule is CC1(C)OB(c2ccc(CC(=O)N3CCS(O)(O)CC3)cc2)OC1(C)C. The Labute approximate surface area is 157 Å². The van der Waals surface area contributed by atoms with Gasteiger partial charge in [-0.15, -0.1) is 0 Å². The molecule has 2 saturated heterocycles. The van der Waals surface area contributed by atoms with E-state index in [0.717, 1.165) is 11.0 Å². The fraction of sp³-hybridized carbons (Fsp3) is 0.611. The quantitative estimate of drug-likeness (QED) is 0.785. The lowest BCUT2D eigenvalue weighted by molar-refractivity contribution is -0.130. The third-order valence-electron chi connectivity index (χ3n) is 5.59. The second kappa shape index (κ2) is 6.84. The molecule has 0 aromatic heterocycles. The highest BCUT2D eigenvalue weighted by atomic mass is 32.3. The summed E-state index contributed by atoms with van der Waals surface area (Å²) in [5.41, 5.74) is 1.10. The summed E-state index contributed by atoms with van der Waals surface area (Å²) in [7, 11) is -2.88. The van der Waals surface area contributed by atoms with Gasteiger partial charge in [0.15, 0.2) is 0 Å². The van der Waals surface area contributed by atoms with Crippen LogP contribution < -0.4 is 5.46 Å². The number of nitrogens with zero attached hydrogens (tertiary/aromatic N) is 1. The highest BCUT2D eigenvalue weighted by Crippen LogP contribution is 2.40. The summed E-state index contributed by atoms with van der Waals surface area (Å²) in [6, 6.07) is 7.74. The molecule has 144 valence electrons. The zero-order valence-corrected chi connectivity index (χ0v) is 16.7. The van der Waals surface area contributed by atoms with Gasteiger partial charge in [-0.1, -0.05) is 24.3 Å². The summed E-state index contributed by atoms with van der Waals surface area (Å²) in [5.74, 6) is 0.572. The van der Waals surface area contributed by atoms with Gasteiger partial charge in [0, 0.05) is 13.1 Å². The van der Waals surface area contributed by atoms with Gasteiger partial charge in [-0.25, -0.2) is 0 Å². The Morgan fingerprint density at radius 3 is 2.08 bits per heavy atom. The van der Waals surface area contributed by atoms with Crippen LogP contribution in [-0.2, 0) is 20.5 Å². The molecule has 1 aromatic rings. The van der Waals surface area contributed by atoms with Crippen molar-refractivity contribution in [2.45, 2.75) is 45.3 Å². The maximum atomic E-state index is 12.4. The van der Waals surface area contributed by atoms with Crippen LogP contribution in [0.4, 0.5) is 0 Å². The minimum absolute atomic E-state index is 0.0169. The summed E-state index contributed by atoms with van der Waals surface area (Å²) < 4.78 is 31.4. The van der Waals surface area contributed by atoms with Gasteiger partial charge in [0.2, 0.25) is 5.91 Å². The molecule has 6 nitrogen and oxygen atoms in total. The summed E-state index contributed by atoms with van der Waals surface area (Å²) in [4.78, 5) is 14.1. The van der Waals surface area contributed by atoms with Crippen molar-refractivity contribution >= 4 is 29.1 Å². The van der Waals surface area contributed by atoms with E-state index in [0.29, 0.717) is 19.5 Å². The van der Waals surface area contributed by atoms with Crippen molar-refractivity contribution in [2.24, 2.45) is 0 Å². The number of amides is 1. The zero-order valence-electron chi connectivity index (χ0n) is 15.9. The van der Waals surface area contributed by atoms with Crippen molar-refractivity contribution < 1.29 is 23.2 Å². The second-order valence-corrected chi connectivity index (χ2v) is 10.5. The Kier molecular flexibility index (Phi) is 5.18. The fourth-order valence-electron chi connectivity index (χ4n) is 3.03.